The molecule has 2 saturated heterocycles. The van der Waals surface area contributed by atoms with E-state index in [1.807, 2.05) is 0 Å². The summed E-state index contributed by atoms with van der Waals surface area (Å²) < 4.78 is 5.27. The molecule has 4 nitrogen and oxygen atoms in total. The third-order valence-corrected chi connectivity index (χ3v) is 6.57. The fourth-order valence-corrected chi connectivity index (χ4v) is 4.33. The molecule has 0 atom stereocenters. The maximum atomic E-state index is 5.27. The minimum absolute atomic E-state index is 0.763. The minimum atomic E-state index is 0.763. The molecule has 30 heavy (non-hydrogen) atoms. The lowest BCUT2D eigenvalue weighted by molar-refractivity contribution is -0.0352. The standard InChI is InChI=1S/C26H31N3O/c1-28-12-14-29(15-13-28)25-10-8-23(9-11-25)26-16-24(17-27-26)22-6-4-20(5-7-22)2-3-21-18-30-19-21/h4-11,16-17,21,27H,2-3,12-15,18-19H2,1H3. The van der Waals surface area contributed by atoms with Gasteiger partial charge in [-0.3, -0.25) is 0 Å². The highest BCUT2D eigenvalue weighted by molar-refractivity contribution is 5.72. The molecule has 2 aromatic carbocycles. The van der Waals surface area contributed by atoms with Crippen molar-refractivity contribution in [2.75, 3.05) is 51.3 Å². The van der Waals surface area contributed by atoms with Crippen molar-refractivity contribution in [3.63, 3.8) is 0 Å². The Bertz CT molecular complexity index is 949. The third-order valence-electron chi connectivity index (χ3n) is 6.57. The number of piperazine rings is 1. The number of rotatable bonds is 6. The average Bonchev–Trinajstić information content (AvgIpc) is 3.24. The Hall–Kier alpha value is -2.56. The number of benzene rings is 2. The number of hydrogen-bond donors (Lipinski definition) is 1. The van der Waals surface area contributed by atoms with Crippen LogP contribution in [0.25, 0.3) is 22.4 Å². The molecule has 2 fully saturated rings. The summed E-state index contributed by atoms with van der Waals surface area (Å²) in [7, 11) is 2.20. The molecule has 156 valence electrons. The Kier molecular flexibility index (Phi) is 5.60. The van der Waals surface area contributed by atoms with Crippen LogP contribution in [0.15, 0.2) is 60.8 Å². The van der Waals surface area contributed by atoms with Crippen molar-refractivity contribution in [3.05, 3.63) is 66.4 Å². The van der Waals surface area contributed by atoms with Gasteiger partial charge in [0.05, 0.1) is 13.2 Å². The van der Waals surface area contributed by atoms with Crippen molar-refractivity contribution in [1.29, 1.82) is 0 Å². The van der Waals surface area contributed by atoms with Gasteiger partial charge in [-0.15, -0.1) is 0 Å². The molecule has 5 rings (SSSR count). The van der Waals surface area contributed by atoms with Crippen molar-refractivity contribution in [1.82, 2.24) is 9.88 Å². The second-order valence-corrected chi connectivity index (χ2v) is 8.78. The summed E-state index contributed by atoms with van der Waals surface area (Å²) in [5.41, 5.74) is 7.65. The van der Waals surface area contributed by atoms with Crippen LogP contribution in [0.2, 0.25) is 0 Å². The van der Waals surface area contributed by atoms with Crippen LogP contribution in [0.5, 0.6) is 0 Å². The van der Waals surface area contributed by atoms with Crippen LogP contribution in [0, 0.1) is 5.92 Å². The highest BCUT2D eigenvalue weighted by Crippen LogP contribution is 2.28. The Morgan fingerprint density at radius 3 is 2.23 bits per heavy atom. The van der Waals surface area contributed by atoms with Crippen LogP contribution >= 0.6 is 0 Å². The van der Waals surface area contributed by atoms with E-state index >= 15 is 0 Å². The molecule has 0 spiro atoms. The smallest absolute Gasteiger partial charge is 0.0516 e. The molecule has 0 amide bonds. The van der Waals surface area contributed by atoms with E-state index in [-0.39, 0.29) is 0 Å². The summed E-state index contributed by atoms with van der Waals surface area (Å²) in [5, 5.41) is 0. The van der Waals surface area contributed by atoms with Gasteiger partial charge < -0.3 is 19.5 Å². The Balaban J connectivity index is 1.23. The summed E-state index contributed by atoms with van der Waals surface area (Å²) in [5.74, 6) is 0.763. The zero-order valence-corrected chi connectivity index (χ0v) is 17.8. The fraction of sp³-hybridized carbons (Fsp3) is 0.385. The monoisotopic (exact) mass is 401 g/mol. The molecule has 2 aliphatic rings. The van der Waals surface area contributed by atoms with Crippen LogP contribution in [-0.2, 0) is 11.2 Å². The molecule has 3 aromatic rings. The van der Waals surface area contributed by atoms with Crippen LogP contribution in [-0.4, -0.2) is 56.3 Å². The van der Waals surface area contributed by atoms with E-state index in [0.29, 0.717) is 0 Å². The van der Waals surface area contributed by atoms with Gasteiger partial charge in [0, 0.05) is 49.7 Å². The highest BCUT2D eigenvalue weighted by atomic mass is 16.5. The zero-order chi connectivity index (χ0) is 20.3. The number of aryl methyl sites for hydroxylation is 1. The summed E-state index contributed by atoms with van der Waals surface area (Å²) in [6.07, 6.45) is 4.49. The SMILES string of the molecule is CN1CCN(c2ccc(-c3cc(-c4ccc(CCC5COC5)cc4)c[nH]3)cc2)CC1. The van der Waals surface area contributed by atoms with Gasteiger partial charge in [-0.25, -0.2) is 0 Å². The van der Waals surface area contributed by atoms with Crippen LogP contribution < -0.4 is 4.90 Å². The fourth-order valence-electron chi connectivity index (χ4n) is 4.33. The molecule has 3 heterocycles. The third kappa shape index (κ3) is 4.30. The van der Waals surface area contributed by atoms with Crippen molar-refractivity contribution in [3.8, 4) is 22.4 Å². The zero-order valence-electron chi connectivity index (χ0n) is 17.8. The summed E-state index contributed by atoms with van der Waals surface area (Å²) in [6, 6.07) is 20.3. The Morgan fingerprint density at radius 2 is 1.57 bits per heavy atom. The van der Waals surface area contributed by atoms with Crippen molar-refractivity contribution in [2.24, 2.45) is 5.92 Å². The number of nitrogens with zero attached hydrogens (tertiary/aromatic N) is 2. The number of anilines is 1. The molecule has 0 unspecified atom stereocenters. The molecule has 1 N–H and O–H groups in total. The average molecular weight is 402 g/mol. The highest BCUT2D eigenvalue weighted by Gasteiger charge is 2.17. The van der Waals surface area contributed by atoms with Crippen LogP contribution in [0.4, 0.5) is 5.69 Å². The van der Waals surface area contributed by atoms with E-state index in [1.165, 1.54) is 40.1 Å². The van der Waals surface area contributed by atoms with Gasteiger partial charge in [-0.1, -0.05) is 36.4 Å². The van der Waals surface area contributed by atoms with Crippen molar-refractivity contribution >= 4 is 5.69 Å². The van der Waals surface area contributed by atoms with Gasteiger partial charge in [-0.05, 0) is 60.3 Å². The molecule has 0 radical (unpaired) electrons. The molecule has 2 aliphatic heterocycles. The largest absolute Gasteiger partial charge is 0.381 e. The van der Waals surface area contributed by atoms with E-state index in [4.69, 9.17) is 4.74 Å². The Labute approximate surface area is 179 Å². The molecular weight excluding hydrogens is 370 g/mol. The Morgan fingerprint density at radius 1 is 0.867 bits per heavy atom. The van der Waals surface area contributed by atoms with Gasteiger partial charge in [0.2, 0.25) is 0 Å². The second-order valence-electron chi connectivity index (χ2n) is 8.78. The number of ether oxygens (including phenoxy) is 1. The molecule has 0 bridgehead atoms. The second kappa shape index (κ2) is 8.66. The van der Waals surface area contributed by atoms with Gasteiger partial charge in [-0.2, -0.15) is 0 Å². The first kappa shape index (κ1) is 19.4. The predicted octanol–water partition coefficient (Wildman–Crippen LogP) is 4.68. The lowest BCUT2D eigenvalue weighted by atomic mass is 9.97. The number of H-pyrrole nitrogens is 1. The number of aromatic nitrogens is 1. The normalized spacial score (nSPS) is 17.8. The predicted molar refractivity (Wildman–Crippen MR) is 124 cm³/mol. The molecule has 1 aromatic heterocycles. The molecular formula is C26H31N3O. The van der Waals surface area contributed by atoms with Gasteiger partial charge >= 0.3 is 0 Å². The van der Waals surface area contributed by atoms with Crippen molar-refractivity contribution < 1.29 is 4.74 Å². The minimum Gasteiger partial charge on any atom is -0.381 e. The molecule has 0 aliphatic carbocycles. The summed E-state index contributed by atoms with van der Waals surface area (Å²) in [4.78, 5) is 8.33. The van der Waals surface area contributed by atoms with Gasteiger partial charge in [0.1, 0.15) is 0 Å². The maximum Gasteiger partial charge on any atom is 0.0516 e. The van der Waals surface area contributed by atoms with E-state index in [1.54, 1.807) is 0 Å². The number of nitrogens with one attached hydrogen (secondary N) is 1. The van der Waals surface area contributed by atoms with Crippen LogP contribution in [0.3, 0.4) is 0 Å². The lowest BCUT2D eigenvalue weighted by Gasteiger charge is -2.34. The van der Waals surface area contributed by atoms with Gasteiger partial charge in [0.15, 0.2) is 0 Å². The first-order valence-electron chi connectivity index (χ1n) is 11.1. The quantitative estimate of drug-likeness (QED) is 0.651. The topological polar surface area (TPSA) is 31.5 Å². The van der Waals surface area contributed by atoms with Crippen molar-refractivity contribution in [2.45, 2.75) is 12.8 Å². The van der Waals surface area contributed by atoms with E-state index in [0.717, 1.165) is 51.7 Å². The number of hydrogen-bond acceptors (Lipinski definition) is 3. The van der Waals surface area contributed by atoms with Crippen LogP contribution in [0.1, 0.15) is 12.0 Å². The summed E-state index contributed by atoms with van der Waals surface area (Å²) >= 11 is 0. The van der Waals surface area contributed by atoms with E-state index in [9.17, 15) is 0 Å². The number of likely N-dealkylation sites (N-methyl/N-ethyl adjacent to an activating group) is 1. The maximum absolute atomic E-state index is 5.27. The first-order valence-corrected chi connectivity index (χ1v) is 11.1. The molecule has 0 saturated carbocycles. The number of aromatic amines is 1. The summed E-state index contributed by atoms with van der Waals surface area (Å²) in [6.45, 7) is 6.37. The van der Waals surface area contributed by atoms with E-state index < -0.39 is 0 Å². The van der Waals surface area contributed by atoms with Gasteiger partial charge in [0.25, 0.3) is 0 Å². The van der Waals surface area contributed by atoms with E-state index in [2.05, 4.69) is 82.6 Å². The lowest BCUT2D eigenvalue weighted by Crippen LogP contribution is -2.44. The first-order chi connectivity index (χ1) is 14.7. The molecule has 4 heteroatoms.